The van der Waals surface area contributed by atoms with Gasteiger partial charge in [0.1, 0.15) is 0 Å². The summed E-state index contributed by atoms with van der Waals surface area (Å²) in [5.41, 5.74) is 2.45. The second kappa shape index (κ2) is 6.06. The van der Waals surface area contributed by atoms with Crippen LogP contribution in [0.2, 0.25) is 0 Å². The number of hydrogen-bond acceptors (Lipinski definition) is 2. The fourth-order valence-corrected chi connectivity index (χ4v) is 3.39. The van der Waals surface area contributed by atoms with E-state index in [4.69, 9.17) is 0 Å². The number of aliphatic hydroxyl groups is 1. The molecule has 2 rings (SSSR count). The van der Waals surface area contributed by atoms with Crippen molar-refractivity contribution in [2.75, 3.05) is 7.05 Å². The zero-order valence-corrected chi connectivity index (χ0v) is 12.6. The Morgan fingerprint density at radius 2 is 1.95 bits per heavy atom. The highest BCUT2D eigenvalue weighted by molar-refractivity contribution is 5.35. The standard InChI is InChI=1S/C17H27NO/c1-5-8-13(3)18(4)16-11-12(2)14-9-6-7-10-15(14)17(16)19/h6-7,9-10,12-13,16-17,19H,5,8,11H2,1-4H3. The average molecular weight is 261 g/mol. The first-order chi connectivity index (χ1) is 9.06. The Morgan fingerprint density at radius 1 is 1.32 bits per heavy atom. The van der Waals surface area contributed by atoms with Crippen molar-refractivity contribution < 1.29 is 5.11 Å². The summed E-state index contributed by atoms with van der Waals surface area (Å²) < 4.78 is 0. The summed E-state index contributed by atoms with van der Waals surface area (Å²) in [6.45, 7) is 6.76. The molecular formula is C17H27NO. The van der Waals surface area contributed by atoms with E-state index in [1.807, 2.05) is 6.07 Å². The van der Waals surface area contributed by atoms with E-state index in [1.54, 1.807) is 0 Å². The molecular weight excluding hydrogens is 234 g/mol. The fourth-order valence-electron chi connectivity index (χ4n) is 3.39. The van der Waals surface area contributed by atoms with Gasteiger partial charge in [-0.1, -0.05) is 44.5 Å². The van der Waals surface area contributed by atoms with Crippen molar-refractivity contribution >= 4 is 0 Å². The quantitative estimate of drug-likeness (QED) is 0.893. The SMILES string of the molecule is CCCC(C)N(C)C1CC(C)c2ccccc2C1O. The lowest BCUT2D eigenvalue weighted by Crippen LogP contribution is -2.45. The summed E-state index contributed by atoms with van der Waals surface area (Å²) >= 11 is 0. The van der Waals surface area contributed by atoms with Gasteiger partial charge in [0, 0.05) is 12.1 Å². The van der Waals surface area contributed by atoms with Crippen LogP contribution in [0, 0.1) is 0 Å². The van der Waals surface area contributed by atoms with Crippen LogP contribution in [0.15, 0.2) is 24.3 Å². The van der Waals surface area contributed by atoms with Gasteiger partial charge >= 0.3 is 0 Å². The predicted molar refractivity (Wildman–Crippen MR) is 80.4 cm³/mol. The molecule has 0 radical (unpaired) electrons. The predicted octanol–water partition coefficient (Wildman–Crippen LogP) is 3.72. The largest absolute Gasteiger partial charge is 0.387 e. The van der Waals surface area contributed by atoms with Crippen molar-refractivity contribution in [3.8, 4) is 0 Å². The second-order valence-corrected chi connectivity index (χ2v) is 6.08. The van der Waals surface area contributed by atoms with E-state index in [9.17, 15) is 5.11 Å². The van der Waals surface area contributed by atoms with E-state index < -0.39 is 0 Å². The molecule has 19 heavy (non-hydrogen) atoms. The van der Waals surface area contributed by atoms with Gasteiger partial charge in [0.15, 0.2) is 0 Å². The Hall–Kier alpha value is -0.860. The number of rotatable bonds is 4. The van der Waals surface area contributed by atoms with Crippen LogP contribution in [0.4, 0.5) is 0 Å². The molecule has 1 aliphatic carbocycles. The molecule has 2 nitrogen and oxygen atoms in total. The van der Waals surface area contributed by atoms with Gasteiger partial charge in [0.25, 0.3) is 0 Å². The molecule has 0 aromatic heterocycles. The van der Waals surface area contributed by atoms with Gasteiger partial charge in [0.2, 0.25) is 0 Å². The summed E-state index contributed by atoms with van der Waals surface area (Å²) in [7, 11) is 2.16. The van der Waals surface area contributed by atoms with Gasteiger partial charge in [-0.3, -0.25) is 4.90 Å². The summed E-state index contributed by atoms with van der Waals surface area (Å²) in [6, 6.07) is 9.13. The Bertz CT molecular complexity index is 417. The van der Waals surface area contributed by atoms with E-state index in [2.05, 4.69) is 50.9 Å². The van der Waals surface area contributed by atoms with Gasteiger partial charge in [-0.25, -0.2) is 0 Å². The third-order valence-electron chi connectivity index (χ3n) is 4.73. The van der Waals surface area contributed by atoms with Crippen LogP contribution in [0.5, 0.6) is 0 Å². The number of fused-ring (bicyclic) bond motifs is 1. The van der Waals surface area contributed by atoms with Crippen LogP contribution >= 0.6 is 0 Å². The molecule has 1 aliphatic rings. The molecule has 0 saturated carbocycles. The minimum absolute atomic E-state index is 0.242. The topological polar surface area (TPSA) is 23.5 Å². The fraction of sp³-hybridized carbons (Fsp3) is 0.647. The van der Waals surface area contributed by atoms with Crippen molar-refractivity contribution in [1.82, 2.24) is 4.90 Å². The number of nitrogens with zero attached hydrogens (tertiary/aromatic N) is 1. The van der Waals surface area contributed by atoms with Gasteiger partial charge in [-0.15, -0.1) is 0 Å². The Morgan fingerprint density at radius 3 is 2.58 bits per heavy atom. The molecule has 2 heteroatoms. The first-order valence-electron chi connectivity index (χ1n) is 7.55. The Kier molecular flexibility index (Phi) is 4.64. The number of benzene rings is 1. The Balaban J connectivity index is 2.22. The van der Waals surface area contributed by atoms with Gasteiger partial charge in [-0.2, -0.15) is 0 Å². The molecule has 4 unspecified atom stereocenters. The summed E-state index contributed by atoms with van der Waals surface area (Å²) in [6.07, 6.45) is 3.08. The third kappa shape index (κ3) is 2.85. The molecule has 0 heterocycles. The first kappa shape index (κ1) is 14.5. The molecule has 1 N–H and O–H groups in total. The molecule has 1 aromatic carbocycles. The highest BCUT2D eigenvalue weighted by Crippen LogP contribution is 2.39. The van der Waals surface area contributed by atoms with Crippen LogP contribution in [0.3, 0.4) is 0 Å². The van der Waals surface area contributed by atoms with Crippen molar-refractivity contribution in [3.05, 3.63) is 35.4 Å². The maximum atomic E-state index is 10.7. The van der Waals surface area contributed by atoms with E-state index in [0.29, 0.717) is 12.0 Å². The lowest BCUT2D eigenvalue weighted by molar-refractivity contribution is 0.0249. The van der Waals surface area contributed by atoms with E-state index >= 15 is 0 Å². The lowest BCUT2D eigenvalue weighted by atomic mass is 9.78. The van der Waals surface area contributed by atoms with Crippen LogP contribution in [-0.4, -0.2) is 29.1 Å². The molecule has 0 aliphatic heterocycles. The normalized spacial score (nSPS) is 28.2. The monoisotopic (exact) mass is 261 g/mol. The van der Waals surface area contributed by atoms with Crippen LogP contribution in [0.25, 0.3) is 0 Å². The Labute approximate surface area is 117 Å². The molecule has 0 spiro atoms. The second-order valence-electron chi connectivity index (χ2n) is 6.08. The zero-order chi connectivity index (χ0) is 14.0. The van der Waals surface area contributed by atoms with Crippen molar-refractivity contribution in [3.63, 3.8) is 0 Å². The molecule has 0 fully saturated rings. The highest BCUT2D eigenvalue weighted by atomic mass is 16.3. The summed E-state index contributed by atoms with van der Waals surface area (Å²) in [5, 5.41) is 10.7. The van der Waals surface area contributed by atoms with Crippen LogP contribution < -0.4 is 0 Å². The molecule has 0 amide bonds. The van der Waals surface area contributed by atoms with E-state index in [-0.39, 0.29) is 12.1 Å². The minimum atomic E-state index is -0.350. The molecule has 4 atom stereocenters. The highest BCUT2D eigenvalue weighted by Gasteiger charge is 2.35. The van der Waals surface area contributed by atoms with E-state index in [1.165, 1.54) is 18.4 Å². The van der Waals surface area contributed by atoms with Gasteiger partial charge in [-0.05, 0) is 43.9 Å². The maximum Gasteiger partial charge on any atom is 0.0948 e. The number of aliphatic hydroxyl groups excluding tert-OH is 1. The smallest absolute Gasteiger partial charge is 0.0948 e. The van der Waals surface area contributed by atoms with E-state index in [0.717, 1.165) is 12.0 Å². The average Bonchev–Trinajstić information content (AvgIpc) is 2.42. The van der Waals surface area contributed by atoms with Gasteiger partial charge < -0.3 is 5.11 Å². The maximum absolute atomic E-state index is 10.7. The van der Waals surface area contributed by atoms with Crippen LogP contribution in [-0.2, 0) is 0 Å². The first-order valence-corrected chi connectivity index (χ1v) is 7.55. The molecule has 106 valence electrons. The summed E-state index contributed by atoms with van der Waals surface area (Å²) in [4.78, 5) is 2.38. The molecule has 0 bridgehead atoms. The van der Waals surface area contributed by atoms with Crippen LogP contribution in [0.1, 0.15) is 63.2 Å². The third-order valence-corrected chi connectivity index (χ3v) is 4.73. The van der Waals surface area contributed by atoms with Crippen molar-refractivity contribution in [1.29, 1.82) is 0 Å². The minimum Gasteiger partial charge on any atom is -0.387 e. The molecule has 1 aromatic rings. The zero-order valence-electron chi connectivity index (χ0n) is 12.6. The number of likely N-dealkylation sites (N-methyl/N-ethyl adjacent to an activating group) is 1. The number of hydrogen-bond donors (Lipinski definition) is 1. The lowest BCUT2D eigenvalue weighted by Gasteiger charge is -2.41. The summed E-state index contributed by atoms with van der Waals surface area (Å²) in [5.74, 6) is 0.529. The van der Waals surface area contributed by atoms with Crippen molar-refractivity contribution in [2.45, 2.75) is 64.1 Å². The molecule has 0 saturated heterocycles. The van der Waals surface area contributed by atoms with Gasteiger partial charge in [0.05, 0.1) is 6.10 Å². The van der Waals surface area contributed by atoms with Crippen molar-refractivity contribution in [2.24, 2.45) is 0 Å².